The van der Waals surface area contributed by atoms with Crippen molar-refractivity contribution in [2.45, 2.75) is 50.7 Å². The first-order valence-corrected chi connectivity index (χ1v) is 7.32. The SMILES string of the molecule is CCOC(=O)C(N)(COCC1CCCCO1)C1CC1. The van der Waals surface area contributed by atoms with Crippen LogP contribution in [0, 0.1) is 5.92 Å². The molecule has 0 aromatic heterocycles. The second-order valence-electron chi connectivity index (χ2n) is 5.54. The molecule has 0 aromatic rings. The lowest BCUT2D eigenvalue weighted by Crippen LogP contribution is -2.55. The Morgan fingerprint density at radius 2 is 2.16 bits per heavy atom. The van der Waals surface area contributed by atoms with Crippen LogP contribution in [0.25, 0.3) is 0 Å². The maximum atomic E-state index is 12.0. The van der Waals surface area contributed by atoms with E-state index in [1.54, 1.807) is 6.92 Å². The van der Waals surface area contributed by atoms with E-state index in [9.17, 15) is 4.79 Å². The topological polar surface area (TPSA) is 70.8 Å². The van der Waals surface area contributed by atoms with Gasteiger partial charge < -0.3 is 19.9 Å². The lowest BCUT2D eigenvalue weighted by molar-refractivity contribution is -0.154. The van der Waals surface area contributed by atoms with E-state index in [0.717, 1.165) is 32.3 Å². The van der Waals surface area contributed by atoms with Gasteiger partial charge in [-0.2, -0.15) is 0 Å². The molecule has 0 aromatic carbocycles. The molecule has 0 amide bonds. The number of hydrogen-bond donors (Lipinski definition) is 1. The van der Waals surface area contributed by atoms with Crippen LogP contribution in [-0.2, 0) is 19.0 Å². The Bertz CT molecular complexity index is 300. The van der Waals surface area contributed by atoms with Crippen LogP contribution in [0.2, 0.25) is 0 Å². The minimum absolute atomic E-state index is 0.152. The van der Waals surface area contributed by atoms with Gasteiger partial charge in [0.1, 0.15) is 5.54 Å². The Labute approximate surface area is 114 Å². The molecule has 19 heavy (non-hydrogen) atoms. The Hall–Kier alpha value is -0.650. The summed E-state index contributed by atoms with van der Waals surface area (Å²) in [4.78, 5) is 12.0. The number of ether oxygens (including phenoxy) is 3. The quantitative estimate of drug-likeness (QED) is 0.705. The summed E-state index contributed by atoms with van der Waals surface area (Å²) in [5.41, 5.74) is 5.24. The van der Waals surface area contributed by atoms with Gasteiger partial charge in [-0.1, -0.05) is 0 Å². The van der Waals surface area contributed by atoms with Crippen LogP contribution in [0.4, 0.5) is 0 Å². The molecule has 1 aliphatic heterocycles. The third-order valence-electron chi connectivity index (χ3n) is 3.88. The zero-order valence-electron chi connectivity index (χ0n) is 11.7. The lowest BCUT2D eigenvalue weighted by Gasteiger charge is -2.28. The Morgan fingerprint density at radius 1 is 1.37 bits per heavy atom. The molecule has 110 valence electrons. The van der Waals surface area contributed by atoms with Gasteiger partial charge in [0.2, 0.25) is 0 Å². The van der Waals surface area contributed by atoms with Gasteiger partial charge in [0.05, 0.1) is 25.9 Å². The molecule has 5 heteroatoms. The van der Waals surface area contributed by atoms with Crippen molar-refractivity contribution in [1.82, 2.24) is 0 Å². The average Bonchev–Trinajstić information content (AvgIpc) is 3.24. The summed E-state index contributed by atoms with van der Waals surface area (Å²) in [5.74, 6) is -0.124. The third-order valence-corrected chi connectivity index (χ3v) is 3.88. The van der Waals surface area contributed by atoms with Gasteiger partial charge in [0, 0.05) is 6.61 Å². The molecule has 1 aliphatic carbocycles. The van der Waals surface area contributed by atoms with Gasteiger partial charge in [-0.15, -0.1) is 0 Å². The number of nitrogens with two attached hydrogens (primary N) is 1. The Morgan fingerprint density at radius 3 is 2.74 bits per heavy atom. The van der Waals surface area contributed by atoms with Crippen LogP contribution in [-0.4, -0.2) is 44.0 Å². The van der Waals surface area contributed by atoms with Gasteiger partial charge in [0.25, 0.3) is 0 Å². The minimum atomic E-state index is -0.968. The molecule has 0 spiro atoms. The second kappa shape index (κ2) is 6.68. The van der Waals surface area contributed by atoms with Gasteiger partial charge >= 0.3 is 5.97 Å². The van der Waals surface area contributed by atoms with Crippen LogP contribution in [0.3, 0.4) is 0 Å². The van der Waals surface area contributed by atoms with Crippen molar-refractivity contribution in [3.05, 3.63) is 0 Å². The standard InChI is InChI=1S/C14H25NO4/c1-2-18-13(16)14(15,11-6-7-11)10-17-9-12-5-3-4-8-19-12/h11-12H,2-10,15H2,1H3. The molecule has 1 heterocycles. The average molecular weight is 271 g/mol. The lowest BCUT2D eigenvalue weighted by atomic mass is 9.96. The molecular formula is C14H25NO4. The van der Waals surface area contributed by atoms with Gasteiger partial charge in [-0.3, -0.25) is 0 Å². The molecular weight excluding hydrogens is 246 g/mol. The Kier molecular flexibility index (Phi) is 5.19. The molecule has 2 unspecified atom stereocenters. The zero-order chi connectivity index (χ0) is 13.7. The first-order chi connectivity index (χ1) is 9.16. The fourth-order valence-corrected chi connectivity index (χ4v) is 2.51. The van der Waals surface area contributed by atoms with E-state index >= 15 is 0 Å². The molecule has 2 rings (SSSR count). The van der Waals surface area contributed by atoms with Crippen molar-refractivity contribution in [1.29, 1.82) is 0 Å². The maximum absolute atomic E-state index is 12.0. The molecule has 2 aliphatic rings. The van der Waals surface area contributed by atoms with E-state index in [0.29, 0.717) is 13.2 Å². The summed E-state index contributed by atoms with van der Waals surface area (Å²) in [6.45, 7) is 3.71. The highest BCUT2D eigenvalue weighted by Crippen LogP contribution is 2.39. The summed E-state index contributed by atoms with van der Waals surface area (Å²) in [6, 6.07) is 0. The first-order valence-electron chi connectivity index (χ1n) is 7.32. The van der Waals surface area contributed by atoms with Crippen LogP contribution in [0.5, 0.6) is 0 Å². The summed E-state index contributed by atoms with van der Waals surface area (Å²) < 4.78 is 16.3. The smallest absolute Gasteiger partial charge is 0.328 e. The van der Waals surface area contributed by atoms with Crippen LogP contribution >= 0.6 is 0 Å². The molecule has 5 nitrogen and oxygen atoms in total. The predicted molar refractivity (Wildman–Crippen MR) is 70.7 cm³/mol. The number of hydrogen-bond acceptors (Lipinski definition) is 5. The summed E-state index contributed by atoms with van der Waals surface area (Å²) >= 11 is 0. The van der Waals surface area contributed by atoms with E-state index < -0.39 is 5.54 Å². The second-order valence-corrected chi connectivity index (χ2v) is 5.54. The first kappa shape index (κ1) is 14.8. The van der Waals surface area contributed by atoms with Crippen molar-refractivity contribution in [3.63, 3.8) is 0 Å². The molecule has 2 N–H and O–H groups in total. The molecule has 0 bridgehead atoms. The highest BCUT2D eigenvalue weighted by Gasteiger charge is 2.49. The fraction of sp³-hybridized carbons (Fsp3) is 0.929. The summed E-state index contributed by atoms with van der Waals surface area (Å²) in [5, 5.41) is 0. The molecule has 0 radical (unpaired) electrons. The number of rotatable bonds is 7. The minimum Gasteiger partial charge on any atom is -0.465 e. The normalized spacial score (nSPS) is 26.7. The van der Waals surface area contributed by atoms with E-state index in [2.05, 4.69) is 0 Å². The van der Waals surface area contributed by atoms with Crippen LogP contribution in [0.1, 0.15) is 39.0 Å². The van der Waals surface area contributed by atoms with Crippen LogP contribution < -0.4 is 5.73 Å². The van der Waals surface area contributed by atoms with Gasteiger partial charge in [-0.05, 0) is 44.9 Å². The molecule has 2 atom stereocenters. The molecule has 2 fully saturated rings. The van der Waals surface area contributed by atoms with E-state index in [1.165, 1.54) is 6.42 Å². The number of carbonyl (C=O) groups excluding carboxylic acids is 1. The largest absolute Gasteiger partial charge is 0.465 e. The van der Waals surface area contributed by atoms with Crippen molar-refractivity contribution in [2.75, 3.05) is 26.4 Å². The highest BCUT2D eigenvalue weighted by atomic mass is 16.5. The predicted octanol–water partition coefficient (Wildman–Crippen LogP) is 1.24. The van der Waals surface area contributed by atoms with Crippen molar-refractivity contribution >= 4 is 5.97 Å². The van der Waals surface area contributed by atoms with Crippen LogP contribution in [0.15, 0.2) is 0 Å². The van der Waals surface area contributed by atoms with Crippen molar-refractivity contribution in [2.24, 2.45) is 11.7 Å². The summed E-state index contributed by atoms with van der Waals surface area (Å²) in [6.07, 6.45) is 5.46. The van der Waals surface area contributed by atoms with E-state index in [1.807, 2.05) is 0 Å². The molecule has 1 saturated carbocycles. The van der Waals surface area contributed by atoms with E-state index in [-0.39, 0.29) is 24.6 Å². The van der Waals surface area contributed by atoms with Gasteiger partial charge in [0.15, 0.2) is 0 Å². The highest BCUT2D eigenvalue weighted by molar-refractivity contribution is 5.81. The Balaban J connectivity index is 1.78. The maximum Gasteiger partial charge on any atom is 0.328 e. The zero-order valence-corrected chi connectivity index (χ0v) is 11.7. The van der Waals surface area contributed by atoms with Gasteiger partial charge in [-0.25, -0.2) is 4.79 Å². The van der Waals surface area contributed by atoms with Crippen molar-refractivity contribution < 1.29 is 19.0 Å². The van der Waals surface area contributed by atoms with E-state index in [4.69, 9.17) is 19.9 Å². The number of esters is 1. The summed E-state index contributed by atoms with van der Waals surface area (Å²) in [7, 11) is 0. The molecule has 1 saturated heterocycles. The van der Waals surface area contributed by atoms with Crippen molar-refractivity contribution in [3.8, 4) is 0 Å². The fourth-order valence-electron chi connectivity index (χ4n) is 2.51. The third kappa shape index (κ3) is 3.91. The number of carbonyl (C=O) groups is 1. The monoisotopic (exact) mass is 271 g/mol.